The molecule has 0 bridgehead atoms. The number of hydrogen-bond acceptors (Lipinski definition) is 4. The van der Waals surface area contributed by atoms with Gasteiger partial charge in [-0.3, -0.25) is 4.79 Å². The monoisotopic (exact) mass is 351 g/mol. The van der Waals surface area contributed by atoms with Crippen LogP contribution < -0.4 is 0 Å². The van der Waals surface area contributed by atoms with Crippen LogP contribution in [0.1, 0.15) is 32.9 Å². The van der Waals surface area contributed by atoms with Crippen molar-refractivity contribution < 1.29 is 4.79 Å². The Morgan fingerprint density at radius 2 is 1.76 bits per heavy atom. The number of carbonyl (C=O) groups is 1. The summed E-state index contributed by atoms with van der Waals surface area (Å²) in [4.78, 5) is 12.5. The summed E-state index contributed by atoms with van der Waals surface area (Å²) in [5, 5.41) is 9.18. The second-order valence-electron chi connectivity index (χ2n) is 6.11. The maximum absolute atomic E-state index is 12.5. The molecule has 0 aliphatic heterocycles. The molecule has 0 fully saturated rings. The van der Waals surface area contributed by atoms with Crippen LogP contribution in [0.15, 0.2) is 53.7 Å². The highest BCUT2D eigenvalue weighted by atomic mass is 32.2. The van der Waals surface area contributed by atoms with Gasteiger partial charge >= 0.3 is 0 Å². The van der Waals surface area contributed by atoms with Gasteiger partial charge in [-0.1, -0.05) is 54.2 Å². The molecular weight excluding hydrogens is 330 g/mol. The van der Waals surface area contributed by atoms with Crippen LogP contribution in [0.5, 0.6) is 0 Å². The van der Waals surface area contributed by atoms with Crippen LogP contribution in [-0.2, 0) is 6.54 Å². The van der Waals surface area contributed by atoms with E-state index in [2.05, 4.69) is 22.3 Å². The minimum Gasteiger partial charge on any atom is -0.302 e. The lowest BCUT2D eigenvalue weighted by Gasteiger charge is -2.08. The SMILES string of the molecule is Cc1ccc(C(=O)CSc2nnc(C)n2Cc2ccccc2)cc1C. The van der Waals surface area contributed by atoms with Gasteiger partial charge in [-0.05, 0) is 43.5 Å². The molecule has 0 spiro atoms. The van der Waals surface area contributed by atoms with E-state index in [9.17, 15) is 4.79 Å². The van der Waals surface area contributed by atoms with E-state index in [1.807, 2.05) is 61.7 Å². The highest BCUT2D eigenvalue weighted by molar-refractivity contribution is 7.99. The standard InChI is InChI=1S/C20H21N3OS/c1-14-9-10-18(11-15(14)2)19(24)13-25-20-22-21-16(3)23(20)12-17-7-5-4-6-8-17/h4-11H,12-13H2,1-3H3. The van der Waals surface area contributed by atoms with E-state index < -0.39 is 0 Å². The van der Waals surface area contributed by atoms with Crippen molar-refractivity contribution in [3.63, 3.8) is 0 Å². The molecule has 5 heteroatoms. The Kier molecular flexibility index (Phi) is 5.34. The molecule has 0 radical (unpaired) electrons. The van der Waals surface area contributed by atoms with Crippen LogP contribution in [0.4, 0.5) is 0 Å². The predicted molar refractivity (Wildman–Crippen MR) is 101 cm³/mol. The van der Waals surface area contributed by atoms with Gasteiger partial charge in [0, 0.05) is 5.56 Å². The maximum atomic E-state index is 12.5. The zero-order chi connectivity index (χ0) is 17.8. The summed E-state index contributed by atoms with van der Waals surface area (Å²) in [6.45, 7) is 6.72. The summed E-state index contributed by atoms with van der Waals surface area (Å²) in [7, 11) is 0. The summed E-state index contributed by atoms with van der Waals surface area (Å²) in [6, 6.07) is 16.0. The van der Waals surface area contributed by atoms with Gasteiger partial charge in [-0.15, -0.1) is 10.2 Å². The second kappa shape index (κ2) is 7.66. The van der Waals surface area contributed by atoms with E-state index in [0.29, 0.717) is 12.3 Å². The number of nitrogens with zero attached hydrogens (tertiary/aromatic N) is 3. The molecular formula is C20H21N3OS. The van der Waals surface area contributed by atoms with Crippen molar-refractivity contribution in [3.8, 4) is 0 Å². The Bertz CT molecular complexity index is 887. The van der Waals surface area contributed by atoms with Crippen LogP contribution in [-0.4, -0.2) is 26.3 Å². The number of Topliss-reactive ketones (excluding diaryl/α,β-unsaturated/α-hetero) is 1. The summed E-state index contributed by atoms with van der Waals surface area (Å²) in [5.41, 5.74) is 4.27. The van der Waals surface area contributed by atoms with Crippen molar-refractivity contribution in [2.24, 2.45) is 0 Å². The third kappa shape index (κ3) is 4.17. The number of benzene rings is 2. The largest absolute Gasteiger partial charge is 0.302 e. The van der Waals surface area contributed by atoms with Crippen LogP contribution in [0, 0.1) is 20.8 Å². The van der Waals surface area contributed by atoms with Crippen molar-refractivity contribution in [2.45, 2.75) is 32.5 Å². The molecule has 0 saturated heterocycles. The van der Waals surface area contributed by atoms with Crippen molar-refractivity contribution >= 4 is 17.5 Å². The fourth-order valence-electron chi connectivity index (χ4n) is 2.54. The third-order valence-electron chi connectivity index (χ3n) is 4.25. The quantitative estimate of drug-likeness (QED) is 0.493. The molecule has 1 aromatic heterocycles. The van der Waals surface area contributed by atoms with Gasteiger partial charge in [0.25, 0.3) is 0 Å². The van der Waals surface area contributed by atoms with Gasteiger partial charge in [0.05, 0.1) is 12.3 Å². The Balaban J connectivity index is 1.71. The summed E-state index contributed by atoms with van der Waals surface area (Å²) >= 11 is 1.44. The number of ketones is 1. The van der Waals surface area contributed by atoms with Gasteiger partial charge in [0.15, 0.2) is 10.9 Å². The lowest BCUT2D eigenvalue weighted by molar-refractivity contribution is 0.102. The minimum atomic E-state index is 0.111. The molecule has 0 amide bonds. The molecule has 0 N–H and O–H groups in total. The average molecular weight is 351 g/mol. The predicted octanol–water partition coefficient (Wildman–Crippen LogP) is 4.23. The number of carbonyl (C=O) groups excluding carboxylic acids is 1. The van der Waals surface area contributed by atoms with Crippen LogP contribution in [0.2, 0.25) is 0 Å². The number of aryl methyl sites for hydroxylation is 3. The van der Waals surface area contributed by atoms with Crippen molar-refractivity contribution in [2.75, 3.05) is 5.75 Å². The molecule has 2 aromatic carbocycles. The fourth-order valence-corrected chi connectivity index (χ4v) is 3.42. The van der Waals surface area contributed by atoms with Crippen LogP contribution >= 0.6 is 11.8 Å². The Morgan fingerprint density at radius 3 is 2.48 bits per heavy atom. The molecule has 0 saturated carbocycles. The highest BCUT2D eigenvalue weighted by Crippen LogP contribution is 2.20. The number of thioether (sulfide) groups is 1. The smallest absolute Gasteiger partial charge is 0.191 e. The van der Waals surface area contributed by atoms with Gasteiger partial charge in [-0.2, -0.15) is 0 Å². The lowest BCUT2D eigenvalue weighted by Crippen LogP contribution is -2.07. The molecule has 0 aliphatic carbocycles. The number of hydrogen-bond donors (Lipinski definition) is 0. The van der Waals surface area contributed by atoms with Gasteiger partial charge in [0.1, 0.15) is 5.82 Å². The second-order valence-corrected chi connectivity index (χ2v) is 7.05. The number of rotatable bonds is 6. The highest BCUT2D eigenvalue weighted by Gasteiger charge is 2.13. The molecule has 25 heavy (non-hydrogen) atoms. The van der Waals surface area contributed by atoms with Gasteiger partial charge in [-0.25, -0.2) is 0 Å². The molecule has 4 nitrogen and oxygen atoms in total. The van der Waals surface area contributed by atoms with Crippen molar-refractivity contribution in [1.29, 1.82) is 0 Å². The van der Waals surface area contributed by atoms with Crippen molar-refractivity contribution in [3.05, 3.63) is 76.6 Å². The number of aromatic nitrogens is 3. The molecule has 3 aromatic rings. The molecule has 0 aliphatic rings. The molecule has 128 valence electrons. The van der Waals surface area contributed by atoms with E-state index in [0.717, 1.165) is 22.1 Å². The van der Waals surface area contributed by atoms with Crippen LogP contribution in [0.25, 0.3) is 0 Å². The first-order chi connectivity index (χ1) is 12.0. The van der Waals surface area contributed by atoms with E-state index in [4.69, 9.17) is 0 Å². The Hall–Kier alpha value is -2.40. The Labute approximate surface area is 152 Å². The first-order valence-corrected chi connectivity index (χ1v) is 9.20. The van der Waals surface area contributed by atoms with Gasteiger partial charge in [0.2, 0.25) is 0 Å². The first-order valence-electron chi connectivity index (χ1n) is 8.21. The minimum absolute atomic E-state index is 0.111. The van der Waals surface area contributed by atoms with E-state index in [1.165, 1.54) is 22.9 Å². The molecule has 0 unspecified atom stereocenters. The molecule has 1 heterocycles. The lowest BCUT2D eigenvalue weighted by atomic mass is 10.0. The maximum Gasteiger partial charge on any atom is 0.191 e. The van der Waals surface area contributed by atoms with Gasteiger partial charge < -0.3 is 4.57 Å². The third-order valence-corrected chi connectivity index (χ3v) is 5.21. The molecule has 0 atom stereocenters. The Morgan fingerprint density at radius 1 is 1.00 bits per heavy atom. The first kappa shape index (κ1) is 17.4. The summed E-state index contributed by atoms with van der Waals surface area (Å²) in [6.07, 6.45) is 0. The zero-order valence-electron chi connectivity index (χ0n) is 14.7. The average Bonchev–Trinajstić information content (AvgIpc) is 2.96. The topological polar surface area (TPSA) is 47.8 Å². The molecule has 3 rings (SSSR count). The fraction of sp³-hybridized carbons (Fsp3) is 0.250. The van der Waals surface area contributed by atoms with E-state index in [1.54, 1.807) is 0 Å². The van der Waals surface area contributed by atoms with E-state index in [-0.39, 0.29) is 5.78 Å². The summed E-state index contributed by atoms with van der Waals surface area (Å²) < 4.78 is 2.05. The van der Waals surface area contributed by atoms with E-state index >= 15 is 0 Å². The normalized spacial score (nSPS) is 10.8. The summed E-state index contributed by atoms with van der Waals surface area (Å²) in [5.74, 6) is 1.32. The zero-order valence-corrected chi connectivity index (χ0v) is 15.5. The van der Waals surface area contributed by atoms with Crippen LogP contribution in [0.3, 0.4) is 0 Å². The van der Waals surface area contributed by atoms with Crippen molar-refractivity contribution in [1.82, 2.24) is 14.8 Å².